The van der Waals surface area contributed by atoms with Crippen LogP contribution in [0.3, 0.4) is 0 Å². The molecule has 1 aliphatic heterocycles. The number of aryl methyl sites for hydroxylation is 1. The van der Waals surface area contributed by atoms with Crippen LogP contribution >= 0.6 is 12.4 Å². The van der Waals surface area contributed by atoms with Crippen LogP contribution in [0.2, 0.25) is 0 Å². The van der Waals surface area contributed by atoms with Gasteiger partial charge in [-0.3, -0.25) is 4.90 Å². The number of hydrogen-bond donors (Lipinski definition) is 0. The van der Waals surface area contributed by atoms with Crippen molar-refractivity contribution >= 4 is 23.3 Å². The molecule has 2 nitrogen and oxygen atoms in total. The molecule has 0 spiro atoms. The third-order valence-corrected chi connectivity index (χ3v) is 5.17. The molecule has 2 heterocycles. The molecule has 0 bridgehead atoms. The highest BCUT2D eigenvalue weighted by Gasteiger charge is 2.20. The minimum Gasteiger partial charge on any atom is -0.347 e. The van der Waals surface area contributed by atoms with E-state index in [1.807, 2.05) is 0 Å². The Morgan fingerprint density at radius 1 is 0.958 bits per heavy atom. The summed E-state index contributed by atoms with van der Waals surface area (Å²) < 4.78 is 2.41. The maximum Gasteiger partial charge on any atom is 0.0483 e. The van der Waals surface area contributed by atoms with Crippen molar-refractivity contribution in [2.24, 2.45) is 7.05 Å². The molecule has 1 aromatic heterocycles. The highest BCUT2D eigenvalue weighted by molar-refractivity contribution is 5.86. The van der Waals surface area contributed by atoms with Crippen LogP contribution < -0.4 is 0 Å². The van der Waals surface area contributed by atoms with Crippen molar-refractivity contribution < 1.29 is 0 Å². The summed E-state index contributed by atoms with van der Waals surface area (Å²) in [4.78, 5) is 2.63. The lowest BCUT2D eigenvalue weighted by atomic mass is 10.1. The minimum atomic E-state index is 0. The topological polar surface area (TPSA) is 8.17 Å². The SMILES string of the molecule is Cl.Cn1c2c(c3ccccc31)CN(CCc1ccccc1)CCC2. The summed E-state index contributed by atoms with van der Waals surface area (Å²) >= 11 is 0. The van der Waals surface area contributed by atoms with Crippen molar-refractivity contribution in [3.05, 3.63) is 71.4 Å². The summed E-state index contributed by atoms with van der Waals surface area (Å²) in [6.45, 7) is 3.44. The van der Waals surface area contributed by atoms with Crippen LogP contribution in [0.4, 0.5) is 0 Å². The summed E-state index contributed by atoms with van der Waals surface area (Å²) in [7, 11) is 2.22. The molecule has 2 aromatic carbocycles. The van der Waals surface area contributed by atoms with Crippen molar-refractivity contribution in [1.82, 2.24) is 9.47 Å². The molecule has 24 heavy (non-hydrogen) atoms. The standard InChI is InChI=1S/C21H24N2.ClH/c1-22-20-11-6-5-10-18(20)19-16-23(14-7-12-21(19)22)15-13-17-8-3-2-4-9-17;/h2-6,8-11H,7,12-16H2,1H3;1H. The van der Waals surface area contributed by atoms with E-state index in [1.165, 1.54) is 41.5 Å². The Labute approximate surface area is 150 Å². The summed E-state index contributed by atoms with van der Waals surface area (Å²) in [5, 5.41) is 1.44. The van der Waals surface area contributed by atoms with Crippen LogP contribution in [0.5, 0.6) is 0 Å². The highest BCUT2D eigenvalue weighted by atomic mass is 35.5. The van der Waals surface area contributed by atoms with Crippen LogP contribution in [0.25, 0.3) is 10.9 Å². The Kier molecular flexibility index (Phi) is 5.27. The van der Waals surface area contributed by atoms with E-state index >= 15 is 0 Å². The molecule has 1 aliphatic rings. The molecular formula is C21H25ClN2. The number of para-hydroxylation sites is 1. The fraction of sp³-hybridized carbons (Fsp3) is 0.333. The van der Waals surface area contributed by atoms with Gasteiger partial charge in [-0.25, -0.2) is 0 Å². The summed E-state index contributed by atoms with van der Waals surface area (Å²) in [6, 6.07) is 19.7. The number of nitrogens with zero attached hydrogens (tertiary/aromatic N) is 2. The molecule has 126 valence electrons. The van der Waals surface area contributed by atoms with Crippen molar-refractivity contribution in [3.8, 4) is 0 Å². The van der Waals surface area contributed by atoms with Gasteiger partial charge in [0.1, 0.15) is 0 Å². The Bertz CT molecular complexity index is 807. The largest absolute Gasteiger partial charge is 0.347 e. The van der Waals surface area contributed by atoms with Gasteiger partial charge in [0.05, 0.1) is 0 Å². The summed E-state index contributed by atoms with van der Waals surface area (Å²) in [6.07, 6.45) is 3.59. The van der Waals surface area contributed by atoms with E-state index in [2.05, 4.69) is 71.1 Å². The summed E-state index contributed by atoms with van der Waals surface area (Å²) in [5.74, 6) is 0. The van der Waals surface area contributed by atoms with Gasteiger partial charge >= 0.3 is 0 Å². The highest BCUT2D eigenvalue weighted by Crippen LogP contribution is 2.29. The monoisotopic (exact) mass is 340 g/mol. The quantitative estimate of drug-likeness (QED) is 0.677. The first-order valence-electron chi connectivity index (χ1n) is 8.64. The van der Waals surface area contributed by atoms with Crippen molar-refractivity contribution in [3.63, 3.8) is 0 Å². The van der Waals surface area contributed by atoms with Crippen molar-refractivity contribution in [2.45, 2.75) is 25.8 Å². The number of hydrogen-bond acceptors (Lipinski definition) is 1. The lowest BCUT2D eigenvalue weighted by Gasteiger charge is -2.20. The van der Waals surface area contributed by atoms with E-state index in [4.69, 9.17) is 0 Å². The number of fused-ring (bicyclic) bond motifs is 3. The predicted octanol–water partition coefficient (Wildman–Crippen LogP) is 4.59. The van der Waals surface area contributed by atoms with Crippen LogP contribution in [0.1, 0.15) is 23.2 Å². The zero-order valence-corrected chi connectivity index (χ0v) is 15.1. The van der Waals surface area contributed by atoms with Gasteiger partial charge in [-0.05, 0) is 43.0 Å². The van der Waals surface area contributed by atoms with E-state index in [0.717, 1.165) is 19.5 Å². The second-order valence-electron chi connectivity index (χ2n) is 6.62. The van der Waals surface area contributed by atoms with Crippen LogP contribution in [-0.4, -0.2) is 22.6 Å². The van der Waals surface area contributed by atoms with Gasteiger partial charge in [-0.2, -0.15) is 0 Å². The third kappa shape index (κ3) is 3.22. The van der Waals surface area contributed by atoms with E-state index in [9.17, 15) is 0 Å². The molecule has 0 saturated carbocycles. The Hall–Kier alpha value is -1.77. The van der Waals surface area contributed by atoms with E-state index in [1.54, 1.807) is 5.56 Å². The minimum absolute atomic E-state index is 0. The molecule has 0 aliphatic carbocycles. The van der Waals surface area contributed by atoms with Crippen LogP contribution in [0.15, 0.2) is 54.6 Å². The lowest BCUT2D eigenvalue weighted by Crippen LogP contribution is -2.25. The molecule has 4 rings (SSSR count). The zero-order valence-electron chi connectivity index (χ0n) is 14.2. The van der Waals surface area contributed by atoms with Crippen LogP contribution in [0, 0.1) is 0 Å². The van der Waals surface area contributed by atoms with E-state index in [0.29, 0.717) is 0 Å². The third-order valence-electron chi connectivity index (χ3n) is 5.17. The zero-order chi connectivity index (χ0) is 15.6. The maximum absolute atomic E-state index is 2.63. The number of rotatable bonds is 3. The molecule has 0 fully saturated rings. The first-order valence-corrected chi connectivity index (χ1v) is 8.64. The van der Waals surface area contributed by atoms with E-state index < -0.39 is 0 Å². The lowest BCUT2D eigenvalue weighted by molar-refractivity contribution is 0.274. The van der Waals surface area contributed by atoms with Crippen molar-refractivity contribution in [1.29, 1.82) is 0 Å². The van der Waals surface area contributed by atoms with Gasteiger partial charge in [0.2, 0.25) is 0 Å². The molecule has 0 unspecified atom stereocenters. The molecule has 0 radical (unpaired) electrons. The Morgan fingerprint density at radius 2 is 1.71 bits per heavy atom. The maximum atomic E-state index is 2.63. The fourth-order valence-electron chi connectivity index (χ4n) is 3.92. The molecule has 3 aromatic rings. The molecule has 0 saturated heterocycles. The fourth-order valence-corrected chi connectivity index (χ4v) is 3.92. The van der Waals surface area contributed by atoms with Crippen molar-refractivity contribution in [2.75, 3.05) is 13.1 Å². The average molecular weight is 341 g/mol. The molecule has 0 amide bonds. The number of halogens is 1. The number of benzene rings is 2. The van der Waals surface area contributed by atoms with Gasteiger partial charge in [0, 0.05) is 36.7 Å². The normalized spacial score (nSPS) is 14.9. The second-order valence-corrected chi connectivity index (χ2v) is 6.62. The van der Waals surface area contributed by atoms with Gasteiger partial charge in [-0.15, -0.1) is 12.4 Å². The average Bonchev–Trinajstić information content (AvgIpc) is 2.76. The van der Waals surface area contributed by atoms with Gasteiger partial charge in [-0.1, -0.05) is 48.5 Å². The molecule has 0 N–H and O–H groups in total. The van der Waals surface area contributed by atoms with Gasteiger partial charge in [0.15, 0.2) is 0 Å². The molecular weight excluding hydrogens is 316 g/mol. The Balaban J connectivity index is 0.00000169. The Morgan fingerprint density at radius 3 is 2.54 bits per heavy atom. The van der Waals surface area contributed by atoms with E-state index in [-0.39, 0.29) is 12.4 Å². The first kappa shape index (κ1) is 17.1. The number of aromatic nitrogens is 1. The molecule has 0 atom stereocenters. The second kappa shape index (κ2) is 7.42. The first-order chi connectivity index (χ1) is 11.3. The molecule has 3 heteroatoms. The van der Waals surface area contributed by atoms with Crippen LogP contribution in [-0.2, 0) is 26.4 Å². The van der Waals surface area contributed by atoms with Gasteiger partial charge < -0.3 is 4.57 Å². The summed E-state index contributed by atoms with van der Waals surface area (Å²) in [5.41, 5.74) is 5.90. The van der Waals surface area contributed by atoms with Gasteiger partial charge in [0.25, 0.3) is 0 Å². The smallest absolute Gasteiger partial charge is 0.0483 e. The predicted molar refractivity (Wildman–Crippen MR) is 104 cm³/mol.